The van der Waals surface area contributed by atoms with Crippen molar-refractivity contribution in [3.05, 3.63) is 53.6 Å². The summed E-state index contributed by atoms with van der Waals surface area (Å²) in [4.78, 5) is 38.5. The minimum Gasteiger partial charge on any atom is -0.491 e. The second-order valence-electron chi connectivity index (χ2n) is 6.90. The minimum absolute atomic E-state index is 0.0688. The maximum Gasteiger partial charge on any atom is 0.335 e. The molecule has 1 fully saturated rings. The molecule has 30 heavy (non-hydrogen) atoms. The van der Waals surface area contributed by atoms with Gasteiger partial charge in [0, 0.05) is 6.07 Å². The number of hydrogen-bond acceptors (Lipinski definition) is 6. The van der Waals surface area contributed by atoms with Gasteiger partial charge >= 0.3 is 6.03 Å². The fourth-order valence-corrected chi connectivity index (χ4v) is 3.04. The van der Waals surface area contributed by atoms with Crippen LogP contribution in [0.4, 0.5) is 10.5 Å². The maximum absolute atomic E-state index is 13.0. The van der Waals surface area contributed by atoms with E-state index in [-0.39, 0.29) is 24.2 Å². The van der Waals surface area contributed by atoms with Crippen molar-refractivity contribution >= 4 is 29.6 Å². The van der Waals surface area contributed by atoms with E-state index in [1.54, 1.807) is 36.4 Å². The van der Waals surface area contributed by atoms with Crippen LogP contribution in [0.3, 0.4) is 0 Å². The first kappa shape index (κ1) is 19.5. The van der Waals surface area contributed by atoms with E-state index in [1.165, 1.54) is 12.1 Å². The summed E-state index contributed by atoms with van der Waals surface area (Å²) in [6.45, 7) is 4.08. The molecule has 0 radical (unpaired) electrons. The monoisotopic (exact) mass is 408 g/mol. The molecule has 154 valence electrons. The van der Waals surface area contributed by atoms with E-state index in [4.69, 9.17) is 14.2 Å². The average molecular weight is 408 g/mol. The van der Waals surface area contributed by atoms with Crippen LogP contribution in [-0.2, 0) is 9.59 Å². The quantitative estimate of drug-likeness (QED) is 0.603. The third kappa shape index (κ3) is 3.71. The molecule has 0 bridgehead atoms. The molecule has 2 heterocycles. The number of benzene rings is 2. The Morgan fingerprint density at radius 1 is 1.10 bits per heavy atom. The predicted octanol–water partition coefficient (Wildman–Crippen LogP) is 3.26. The molecule has 8 heteroatoms. The molecule has 0 saturated carbocycles. The molecule has 4 rings (SSSR count). The zero-order chi connectivity index (χ0) is 21.3. The van der Waals surface area contributed by atoms with E-state index in [2.05, 4.69) is 5.32 Å². The summed E-state index contributed by atoms with van der Waals surface area (Å²) in [7, 11) is 0. The van der Waals surface area contributed by atoms with Gasteiger partial charge in [-0.2, -0.15) is 0 Å². The number of carbonyl (C=O) groups excluding carboxylic acids is 3. The van der Waals surface area contributed by atoms with E-state index in [0.717, 1.165) is 11.3 Å². The molecule has 2 aromatic rings. The molecule has 8 nitrogen and oxygen atoms in total. The van der Waals surface area contributed by atoms with Crippen LogP contribution in [0.2, 0.25) is 0 Å². The molecular formula is C22H20N2O6. The Morgan fingerprint density at radius 3 is 2.57 bits per heavy atom. The summed E-state index contributed by atoms with van der Waals surface area (Å²) in [5, 5.41) is 2.20. The summed E-state index contributed by atoms with van der Waals surface area (Å²) >= 11 is 0. The first-order chi connectivity index (χ1) is 14.5. The Kier molecular flexibility index (Phi) is 5.14. The SMILES string of the molecule is CC[C@H](C)Oc1ccc(/C=C2\C(=O)NC(=O)N(c3ccc4c(c3)OCO4)C2=O)cc1. The fourth-order valence-electron chi connectivity index (χ4n) is 3.04. The van der Waals surface area contributed by atoms with Gasteiger partial charge in [0.15, 0.2) is 11.5 Å². The van der Waals surface area contributed by atoms with Gasteiger partial charge in [0.05, 0.1) is 11.8 Å². The third-order valence-electron chi connectivity index (χ3n) is 4.82. The predicted molar refractivity (Wildman–Crippen MR) is 108 cm³/mol. The first-order valence-corrected chi connectivity index (χ1v) is 9.54. The number of ether oxygens (including phenoxy) is 3. The lowest BCUT2D eigenvalue weighted by atomic mass is 10.1. The molecule has 0 unspecified atom stereocenters. The smallest absolute Gasteiger partial charge is 0.335 e. The highest BCUT2D eigenvalue weighted by Gasteiger charge is 2.37. The summed E-state index contributed by atoms with van der Waals surface area (Å²) < 4.78 is 16.3. The van der Waals surface area contributed by atoms with Crippen molar-refractivity contribution in [2.24, 2.45) is 0 Å². The highest BCUT2D eigenvalue weighted by atomic mass is 16.7. The lowest BCUT2D eigenvalue weighted by molar-refractivity contribution is -0.122. The van der Waals surface area contributed by atoms with Crippen molar-refractivity contribution in [3.8, 4) is 17.2 Å². The van der Waals surface area contributed by atoms with Crippen molar-refractivity contribution in [1.82, 2.24) is 5.32 Å². The van der Waals surface area contributed by atoms with Gasteiger partial charge in [-0.15, -0.1) is 0 Å². The maximum atomic E-state index is 13.0. The number of fused-ring (bicyclic) bond motifs is 1. The Bertz CT molecular complexity index is 1040. The summed E-state index contributed by atoms with van der Waals surface area (Å²) in [5.41, 5.74) is 0.755. The van der Waals surface area contributed by atoms with Gasteiger partial charge in [0.25, 0.3) is 11.8 Å². The van der Waals surface area contributed by atoms with Crippen LogP contribution in [0, 0.1) is 0 Å². The van der Waals surface area contributed by atoms with Crippen LogP contribution in [-0.4, -0.2) is 30.7 Å². The number of nitrogens with zero attached hydrogens (tertiary/aromatic N) is 1. The Labute approximate surface area is 173 Å². The highest BCUT2D eigenvalue weighted by molar-refractivity contribution is 6.39. The second kappa shape index (κ2) is 7.90. The summed E-state index contributed by atoms with van der Waals surface area (Å²) in [5.74, 6) is 0.176. The topological polar surface area (TPSA) is 94.2 Å². The highest BCUT2D eigenvalue weighted by Crippen LogP contribution is 2.36. The lowest BCUT2D eigenvalue weighted by Gasteiger charge is -2.26. The Morgan fingerprint density at radius 2 is 1.83 bits per heavy atom. The molecule has 1 saturated heterocycles. The van der Waals surface area contributed by atoms with Crippen LogP contribution < -0.4 is 24.4 Å². The number of amides is 4. The molecule has 1 atom stereocenters. The van der Waals surface area contributed by atoms with Crippen LogP contribution in [0.25, 0.3) is 6.08 Å². The van der Waals surface area contributed by atoms with Gasteiger partial charge in [0.2, 0.25) is 6.79 Å². The third-order valence-corrected chi connectivity index (χ3v) is 4.82. The molecule has 4 amide bonds. The fraction of sp³-hybridized carbons (Fsp3) is 0.227. The van der Waals surface area contributed by atoms with Crippen LogP contribution >= 0.6 is 0 Å². The van der Waals surface area contributed by atoms with E-state index >= 15 is 0 Å². The van der Waals surface area contributed by atoms with Crippen molar-refractivity contribution in [2.75, 3.05) is 11.7 Å². The molecule has 0 aliphatic carbocycles. The summed E-state index contributed by atoms with van der Waals surface area (Å²) in [6.07, 6.45) is 2.41. The molecule has 1 N–H and O–H groups in total. The van der Waals surface area contributed by atoms with Crippen LogP contribution in [0.1, 0.15) is 25.8 Å². The van der Waals surface area contributed by atoms with Gasteiger partial charge in [-0.1, -0.05) is 19.1 Å². The van der Waals surface area contributed by atoms with E-state index in [9.17, 15) is 14.4 Å². The average Bonchev–Trinajstić information content (AvgIpc) is 3.20. The zero-order valence-electron chi connectivity index (χ0n) is 16.5. The number of imide groups is 2. The molecule has 0 aromatic heterocycles. The standard InChI is InChI=1S/C22H20N2O6/c1-3-13(2)30-16-7-4-14(5-8-16)10-17-20(25)23-22(27)24(21(17)26)15-6-9-18-19(11-15)29-12-28-18/h4-11,13H,3,12H2,1-2H3,(H,23,25,27)/b17-10+/t13-/m0/s1. The number of urea groups is 1. The van der Waals surface area contributed by atoms with Gasteiger partial charge in [-0.05, 0) is 49.2 Å². The molecular weight excluding hydrogens is 388 g/mol. The number of anilines is 1. The van der Waals surface area contributed by atoms with Gasteiger partial charge in [-0.25, -0.2) is 9.69 Å². The number of carbonyl (C=O) groups is 3. The number of hydrogen-bond donors (Lipinski definition) is 1. The first-order valence-electron chi connectivity index (χ1n) is 9.54. The van der Waals surface area contributed by atoms with Crippen LogP contribution in [0.15, 0.2) is 48.0 Å². The summed E-state index contributed by atoms with van der Waals surface area (Å²) in [6, 6.07) is 10.9. The van der Waals surface area contributed by atoms with Gasteiger partial charge in [0.1, 0.15) is 11.3 Å². The van der Waals surface area contributed by atoms with Crippen molar-refractivity contribution in [1.29, 1.82) is 0 Å². The number of nitrogens with one attached hydrogen (secondary N) is 1. The van der Waals surface area contributed by atoms with Crippen molar-refractivity contribution < 1.29 is 28.6 Å². The molecule has 2 aliphatic heterocycles. The van der Waals surface area contributed by atoms with E-state index in [0.29, 0.717) is 22.8 Å². The number of rotatable bonds is 5. The van der Waals surface area contributed by atoms with Crippen molar-refractivity contribution in [2.45, 2.75) is 26.4 Å². The largest absolute Gasteiger partial charge is 0.491 e. The van der Waals surface area contributed by atoms with E-state index in [1.807, 2.05) is 13.8 Å². The van der Waals surface area contributed by atoms with Gasteiger partial charge in [-0.3, -0.25) is 14.9 Å². The van der Waals surface area contributed by atoms with Gasteiger partial charge < -0.3 is 14.2 Å². The Balaban J connectivity index is 1.61. The molecule has 2 aromatic carbocycles. The molecule has 0 spiro atoms. The second-order valence-corrected chi connectivity index (χ2v) is 6.90. The number of barbiturate groups is 1. The molecule has 2 aliphatic rings. The zero-order valence-corrected chi connectivity index (χ0v) is 16.5. The van der Waals surface area contributed by atoms with Crippen molar-refractivity contribution in [3.63, 3.8) is 0 Å². The minimum atomic E-state index is -0.821. The normalized spacial score (nSPS) is 17.9. The van der Waals surface area contributed by atoms with E-state index < -0.39 is 17.8 Å². The van der Waals surface area contributed by atoms with Crippen LogP contribution in [0.5, 0.6) is 17.2 Å². The lowest BCUT2D eigenvalue weighted by Crippen LogP contribution is -2.54. The Hall–Kier alpha value is -3.81.